The molecule has 4 aromatic rings. The molecule has 0 aliphatic carbocycles. The normalized spacial score (nSPS) is 11.3. The standard InChI is InChI=1S/C24H22ClFN4O3/c1-5-28-22(12-31)27-30(24(28)33)21-10-16-17(9-20(21)26)23(32)29(11-18(16)13(2)3)15-6-7-19(25)14(4)8-15/h6-11,31H,2,5,12H2,1,3-4H3. The molecule has 0 aliphatic rings. The van der Waals surface area contributed by atoms with Crippen molar-refractivity contribution < 1.29 is 9.50 Å². The van der Waals surface area contributed by atoms with Gasteiger partial charge in [-0.05, 0) is 67.6 Å². The number of benzene rings is 2. The number of nitrogens with zero attached hydrogens (tertiary/aromatic N) is 4. The van der Waals surface area contributed by atoms with Gasteiger partial charge in [0, 0.05) is 29.0 Å². The number of rotatable bonds is 5. The third-order valence-corrected chi connectivity index (χ3v) is 6.01. The second kappa shape index (κ2) is 8.46. The second-order valence-corrected chi connectivity index (χ2v) is 8.20. The van der Waals surface area contributed by atoms with Gasteiger partial charge in [-0.1, -0.05) is 18.2 Å². The van der Waals surface area contributed by atoms with Crippen LogP contribution in [0.4, 0.5) is 4.39 Å². The SMILES string of the molecule is C=C(C)c1cn(-c2ccc(Cl)c(C)c2)c(=O)c2cc(F)c(-n3nc(CO)n(CC)c3=O)cc12. The monoisotopic (exact) mass is 468 g/mol. The molecule has 0 spiro atoms. The molecular formula is C24H22ClFN4O3. The molecule has 0 atom stereocenters. The molecule has 170 valence electrons. The Bertz CT molecular complexity index is 1550. The number of hydrogen-bond acceptors (Lipinski definition) is 4. The van der Waals surface area contributed by atoms with Crippen LogP contribution in [-0.2, 0) is 13.2 Å². The fourth-order valence-electron chi connectivity index (χ4n) is 3.85. The van der Waals surface area contributed by atoms with Crippen LogP contribution in [0.1, 0.15) is 30.8 Å². The number of hydrogen-bond donors (Lipinski definition) is 1. The van der Waals surface area contributed by atoms with Gasteiger partial charge in [-0.2, -0.15) is 4.68 Å². The van der Waals surface area contributed by atoms with Gasteiger partial charge < -0.3 is 5.11 Å². The summed E-state index contributed by atoms with van der Waals surface area (Å²) in [6.07, 6.45) is 1.64. The van der Waals surface area contributed by atoms with E-state index in [0.29, 0.717) is 27.2 Å². The van der Waals surface area contributed by atoms with Gasteiger partial charge >= 0.3 is 5.69 Å². The predicted molar refractivity (Wildman–Crippen MR) is 127 cm³/mol. The average Bonchev–Trinajstić information content (AvgIpc) is 3.11. The number of aromatic nitrogens is 4. The first-order chi connectivity index (χ1) is 15.7. The number of allylic oxidation sites excluding steroid dienone is 1. The van der Waals surface area contributed by atoms with Crippen LogP contribution in [0.3, 0.4) is 0 Å². The molecular weight excluding hydrogens is 447 g/mol. The molecule has 1 N–H and O–H groups in total. The molecule has 4 rings (SSSR count). The Morgan fingerprint density at radius 3 is 2.52 bits per heavy atom. The Kier molecular flexibility index (Phi) is 5.82. The quantitative estimate of drug-likeness (QED) is 0.480. The van der Waals surface area contributed by atoms with E-state index >= 15 is 4.39 Å². The lowest BCUT2D eigenvalue weighted by atomic mass is 10.0. The van der Waals surface area contributed by atoms with Crippen LogP contribution in [0.25, 0.3) is 27.7 Å². The van der Waals surface area contributed by atoms with Gasteiger partial charge in [-0.25, -0.2) is 9.18 Å². The van der Waals surface area contributed by atoms with Crippen molar-refractivity contribution in [2.75, 3.05) is 0 Å². The maximum absolute atomic E-state index is 15.2. The number of aryl methyl sites for hydroxylation is 1. The topological polar surface area (TPSA) is 82.0 Å². The molecule has 0 radical (unpaired) electrons. The summed E-state index contributed by atoms with van der Waals surface area (Å²) in [6.45, 7) is 9.15. The van der Waals surface area contributed by atoms with Gasteiger partial charge in [0.25, 0.3) is 5.56 Å². The van der Waals surface area contributed by atoms with Crippen molar-refractivity contribution in [2.24, 2.45) is 0 Å². The van der Waals surface area contributed by atoms with Crippen LogP contribution in [0.5, 0.6) is 0 Å². The van der Waals surface area contributed by atoms with E-state index in [1.165, 1.54) is 15.2 Å². The van der Waals surface area contributed by atoms with Gasteiger partial charge in [0.2, 0.25) is 0 Å². The van der Waals surface area contributed by atoms with Gasteiger partial charge in [0.15, 0.2) is 5.82 Å². The van der Waals surface area contributed by atoms with Gasteiger partial charge in [-0.3, -0.25) is 13.9 Å². The summed E-state index contributed by atoms with van der Waals surface area (Å²) in [5, 5.41) is 14.7. The van der Waals surface area contributed by atoms with Crippen LogP contribution < -0.4 is 11.2 Å². The molecule has 7 nitrogen and oxygen atoms in total. The molecule has 0 unspecified atom stereocenters. The van der Waals surface area contributed by atoms with Crippen LogP contribution in [-0.4, -0.2) is 24.0 Å². The minimum absolute atomic E-state index is 0.114. The Hall–Kier alpha value is -3.49. The van der Waals surface area contributed by atoms with Crippen molar-refractivity contribution in [3.63, 3.8) is 0 Å². The number of pyridine rings is 1. The zero-order valence-corrected chi connectivity index (χ0v) is 19.1. The van der Waals surface area contributed by atoms with Gasteiger partial charge in [0.1, 0.15) is 18.1 Å². The van der Waals surface area contributed by atoms with Crippen LogP contribution >= 0.6 is 11.6 Å². The highest BCUT2D eigenvalue weighted by Gasteiger charge is 2.20. The highest BCUT2D eigenvalue weighted by Crippen LogP contribution is 2.27. The minimum atomic E-state index is -0.787. The third-order valence-electron chi connectivity index (χ3n) is 5.59. The first-order valence-corrected chi connectivity index (χ1v) is 10.7. The number of halogens is 2. The Morgan fingerprint density at radius 1 is 1.21 bits per heavy atom. The van der Waals surface area contributed by atoms with Crippen molar-refractivity contribution in [1.82, 2.24) is 18.9 Å². The molecule has 2 aromatic heterocycles. The predicted octanol–water partition coefficient (Wildman–Crippen LogP) is 3.98. The maximum Gasteiger partial charge on any atom is 0.350 e. The van der Waals surface area contributed by atoms with Crippen molar-refractivity contribution in [3.05, 3.63) is 91.7 Å². The van der Waals surface area contributed by atoms with E-state index in [4.69, 9.17) is 11.6 Å². The van der Waals surface area contributed by atoms with E-state index in [9.17, 15) is 14.7 Å². The lowest BCUT2D eigenvalue weighted by Crippen LogP contribution is -2.25. The molecule has 2 aromatic carbocycles. The third kappa shape index (κ3) is 3.71. The summed E-state index contributed by atoms with van der Waals surface area (Å²) < 4.78 is 18.8. The van der Waals surface area contributed by atoms with E-state index in [0.717, 1.165) is 16.3 Å². The van der Waals surface area contributed by atoms with Crippen LogP contribution in [0.15, 0.2) is 52.7 Å². The van der Waals surface area contributed by atoms with Crippen molar-refractivity contribution in [1.29, 1.82) is 0 Å². The summed E-state index contributed by atoms with van der Waals surface area (Å²) in [4.78, 5) is 26.1. The van der Waals surface area contributed by atoms with Crippen LogP contribution in [0, 0.1) is 12.7 Å². The minimum Gasteiger partial charge on any atom is -0.388 e. The number of aliphatic hydroxyl groups is 1. The highest BCUT2D eigenvalue weighted by molar-refractivity contribution is 6.31. The molecule has 2 heterocycles. The van der Waals surface area contributed by atoms with E-state index in [-0.39, 0.29) is 23.4 Å². The van der Waals surface area contributed by atoms with Crippen LogP contribution in [0.2, 0.25) is 5.02 Å². The van der Waals surface area contributed by atoms with Gasteiger partial charge in [-0.15, -0.1) is 5.10 Å². The van der Waals surface area contributed by atoms with E-state index in [2.05, 4.69) is 11.7 Å². The Labute approximate surface area is 193 Å². The van der Waals surface area contributed by atoms with Crippen molar-refractivity contribution in [3.8, 4) is 11.4 Å². The molecule has 0 saturated carbocycles. The van der Waals surface area contributed by atoms with E-state index in [1.54, 1.807) is 38.2 Å². The number of fused-ring (bicyclic) bond motifs is 1. The van der Waals surface area contributed by atoms with Crippen molar-refractivity contribution in [2.45, 2.75) is 33.9 Å². The Balaban J connectivity index is 2.04. The van der Waals surface area contributed by atoms with E-state index in [1.807, 2.05) is 6.92 Å². The Morgan fingerprint density at radius 2 is 1.94 bits per heavy atom. The highest BCUT2D eigenvalue weighted by atomic mass is 35.5. The zero-order valence-electron chi connectivity index (χ0n) is 18.4. The molecule has 0 saturated heterocycles. The lowest BCUT2D eigenvalue weighted by molar-refractivity contribution is 0.264. The molecule has 33 heavy (non-hydrogen) atoms. The molecule has 9 heteroatoms. The summed E-state index contributed by atoms with van der Waals surface area (Å²) in [5.74, 6) is -0.666. The first kappa shape index (κ1) is 22.7. The lowest BCUT2D eigenvalue weighted by Gasteiger charge is -2.15. The molecule has 0 fully saturated rings. The fourth-order valence-corrected chi connectivity index (χ4v) is 3.97. The average molecular weight is 469 g/mol. The summed E-state index contributed by atoms with van der Waals surface area (Å²) in [5.41, 5.74) is 1.53. The molecule has 0 amide bonds. The number of aliphatic hydroxyl groups excluding tert-OH is 1. The fraction of sp³-hybridized carbons (Fsp3) is 0.208. The first-order valence-electron chi connectivity index (χ1n) is 10.3. The second-order valence-electron chi connectivity index (χ2n) is 7.79. The summed E-state index contributed by atoms with van der Waals surface area (Å²) in [7, 11) is 0. The molecule has 0 bridgehead atoms. The summed E-state index contributed by atoms with van der Waals surface area (Å²) >= 11 is 6.13. The van der Waals surface area contributed by atoms with E-state index < -0.39 is 23.7 Å². The summed E-state index contributed by atoms with van der Waals surface area (Å²) in [6, 6.07) is 7.71. The zero-order chi connectivity index (χ0) is 24.0. The smallest absolute Gasteiger partial charge is 0.350 e. The largest absolute Gasteiger partial charge is 0.388 e. The molecule has 0 aliphatic heterocycles. The van der Waals surface area contributed by atoms with Crippen molar-refractivity contribution >= 4 is 27.9 Å². The maximum atomic E-state index is 15.2. The van der Waals surface area contributed by atoms with Gasteiger partial charge in [0.05, 0.1) is 5.39 Å².